The van der Waals surface area contributed by atoms with E-state index >= 15 is 0 Å². The first-order valence-corrected chi connectivity index (χ1v) is 10.4. The van der Waals surface area contributed by atoms with Crippen LogP contribution >= 0.6 is 12.2 Å². The lowest BCUT2D eigenvalue weighted by Gasteiger charge is -2.29. The Labute approximate surface area is 174 Å². The van der Waals surface area contributed by atoms with Gasteiger partial charge in [0.2, 0.25) is 6.79 Å². The van der Waals surface area contributed by atoms with Gasteiger partial charge in [-0.05, 0) is 42.5 Å². The van der Waals surface area contributed by atoms with Crippen LogP contribution in [0.3, 0.4) is 0 Å². The molecule has 29 heavy (non-hydrogen) atoms. The molecule has 0 unspecified atom stereocenters. The number of fused-ring (bicyclic) bond motifs is 1. The smallest absolute Gasteiger partial charge is 0.231 e. The molecule has 1 fully saturated rings. The predicted octanol–water partition coefficient (Wildman–Crippen LogP) is 0.142. The summed E-state index contributed by atoms with van der Waals surface area (Å²) in [4.78, 5) is 3.15. The first-order valence-electron chi connectivity index (χ1n) is 10.0. The maximum absolute atomic E-state index is 5.51. The number of hydrogen-bond acceptors (Lipinski definition) is 4. The molecule has 5 rings (SSSR count). The van der Waals surface area contributed by atoms with Gasteiger partial charge in [-0.2, -0.15) is 5.10 Å². The summed E-state index contributed by atoms with van der Waals surface area (Å²) in [6, 6.07) is 16.5. The highest BCUT2D eigenvalue weighted by Gasteiger charge is 2.25. The van der Waals surface area contributed by atoms with Crippen molar-refractivity contribution < 1.29 is 19.3 Å². The largest absolute Gasteiger partial charge is 0.454 e. The van der Waals surface area contributed by atoms with Crippen molar-refractivity contribution >= 4 is 12.2 Å². The Morgan fingerprint density at radius 1 is 0.931 bits per heavy atom. The molecular formula is C21H25N5O2S+2. The van der Waals surface area contributed by atoms with E-state index in [2.05, 4.69) is 34.5 Å². The average Bonchev–Trinajstić information content (AvgIpc) is 3.36. The van der Waals surface area contributed by atoms with E-state index in [1.807, 2.05) is 28.8 Å². The molecule has 3 heterocycles. The quantitative estimate of drug-likeness (QED) is 0.523. The monoisotopic (exact) mass is 411 g/mol. The molecule has 0 radical (unpaired) electrons. The van der Waals surface area contributed by atoms with Crippen molar-refractivity contribution in [3.05, 3.63) is 64.7 Å². The number of nitrogens with one attached hydrogen (secondary N) is 3. The fraction of sp³-hybridized carbons (Fsp3) is 0.333. The van der Waals surface area contributed by atoms with Crippen LogP contribution in [0, 0.1) is 4.77 Å². The van der Waals surface area contributed by atoms with Crippen LogP contribution < -0.4 is 19.3 Å². The second-order valence-corrected chi connectivity index (χ2v) is 8.04. The van der Waals surface area contributed by atoms with Gasteiger partial charge >= 0.3 is 0 Å². The standard InChI is InChI=1S/C21H23N5O2S/c29-21-23-22-20(26(21)17-4-2-1-3-5-17)14-25-10-8-24(9-11-25)13-16-6-7-18-19(12-16)28-15-27-18/h1-7,12H,8-11,13-15H2,(H,23,29)/p+2. The molecule has 7 nitrogen and oxygen atoms in total. The molecule has 0 amide bonds. The molecule has 0 aliphatic carbocycles. The molecule has 2 aliphatic rings. The highest BCUT2D eigenvalue weighted by Crippen LogP contribution is 2.32. The van der Waals surface area contributed by atoms with E-state index in [0.29, 0.717) is 11.6 Å². The number of piperazine rings is 1. The Balaban J connectivity index is 1.20. The number of benzene rings is 2. The second kappa shape index (κ2) is 7.98. The van der Waals surface area contributed by atoms with Crippen LogP contribution in [-0.2, 0) is 13.1 Å². The maximum atomic E-state index is 5.51. The minimum Gasteiger partial charge on any atom is -0.454 e. The summed E-state index contributed by atoms with van der Waals surface area (Å²) >= 11 is 5.46. The van der Waals surface area contributed by atoms with Crippen LogP contribution in [0.1, 0.15) is 11.4 Å². The van der Waals surface area contributed by atoms with E-state index in [0.717, 1.165) is 62.3 Å². The zero-order chi connectivity index (χ0) is 19.6. The lowest BCUT2D eigenvalue weighted by atomic mass is 10.1. The lowest BCUT2D eigenvalue weighted by molar-refractivity contribution is -1.02. The summed E-state index contributed by atoms with van der Waals surface area (Å²) in [5.74, 6) is 2.72. The zero-order valence-corrected chi connectivity index (χ0v) is 17.0. The van der Waals surface area contributed by atoms with Crippen LogP contribution in [-0.4, -0.2) is 47.7 Å². The topological polar surface area (TPSA) is 60.9 Å². The summed E-state index contributed by atoms with van der Waals surface area (Å²) < 4.78 is 13.6. The van der Waals surface area contributed by atoms with Crippen molar-refractivity contribution in [2.75, 3.05) is 33.0 Å². The highest BCUT2D eigenvalue weighted by molar-refractivity contribution is 7.71. The van der Waals surface area contributed by atoms with Gasteiger partial charge in [0.15, 0.2) is 22.1 Å². The number of quaternary nitrogens is 2. The van der Waals surface area contributed by atoms with Crippen LogP contribution in [0.4, 0.5) is 0 Å². The third kappa shape index (κ3) is 3.91. The minimum absolute atomic E-state index is 0.329. The van der Waals surface area contributed by atoms with Crippen LogP contribution in [0.15, 0.2) is 48.5 Å². The van der Waals surface area contributed by atoms with Crippen LogP contribution in [0.25, 0.3) is 5.69 Å². The van der Waals surface area contributed by atoms with E-state index in [-0.39, 0.29) is 0 Å². The number of aromatic nitrogens is 3. The molecule has 150 valence electrons. The van der Waals surface area contributed by atoms with Crippen molar-refractivity contribution in [3.8, 4) is 17.2 Å². The molecule has 2 aliphatic heterocycles. The second-order valence-electron chi connectivity index (χ2n) is 7.66. The van der Waals surface area contributed by atoms with Gasteiger partial charge < -0.3 is 19.3 Å². The van der Waals surface area contributed by atoms with Gasteiger partial charge in [-0.3, -0.25) is 9.67 Å². The van der Waals surface area contributed by atoms with E-state index in [9.17, 15) is 0 Å². The van der Waals surface area contributed by atoms with Crippen molar-refractivity contribution in [1.82, 2.24) is 14.8 Å². The van der Waals surface area contributed by atoms with E-state index < -0.39 is 0 Å². The van der Waals surface area contributed by atoms with Crippen molar-refractivity contribution in [1.29, 1.82) is 0 Å². The van der Waals surface area contributed by atoms with Gasteiger partial charge in [-0.1, -0.05) is 18.2 Å². The molecule has 0 atom stereocenters. The summed E-state index contributed by atoms with van der Waals surface area (Å²) in [5.41, 5.74) is 2.37. The normalized spacial score (nSPS) is 20.7. The number of para-hydroxylation sites is 1. The van der Waals surface area contributed by atoms with E-state index in [1.165, 1.54) is 5.56 Å². The van der Waals surface area contributed by atoms with Crippen molar-refractivity contribution in [2.45, 2.75) is 13.1 Å². The van der Waals surface area contributed by atoms with Crippen LogP contribution in [0.2, 0.25) is 0 Å². The lowest BCUT2D eigenvalue weighted by Crippen LogP contribution is -3.27. The fourth-order valence-electron chi connectivity index (χ4n) is 4.17. The molecule has 0 bridgehead atoms. The van der Waals surface area contributed by atoms with Gasteiger partial charge in [-0.25, -0.2) is 0 Å². The summed E-state index contributed by atoms with van der Waals surface area (Å²) in [6.07, 6.45) is 0. The molecule has 1 saturated heterocycles. The van der Waals surface area contributed by atoms with Gasteiger partial charge in [0.25, 0.3) is 0 Å². The van der Waals surface area contributed by atoms with E-state index in [1.54, 1.807) is 9.80 Å². The fourth-order valence-corrected chi connectivity index (χ4v) is 4.42. The third-order valence-corrected chi connectivity index (χ3v) is 5.99. The molecule has 8 heteroatoms. The molecular weight excluding hydrogens is 386 g/mol. The Bertz CT molecular complexity index is 1040. The third-order valence-electron chi connectivity index (χ3n) is 5.72. The summed E-state index contributed by atoms with van der Waals surface area (Å²) in [7, 11) is 0. The predicted molar refractivity (Wildman–Crippen MR) is 110 cm³/mol. The Morgan fingerprint density at radius 3 is 2.45 bits per heavy atom. The Kier molecular flexibility index (Phi) is 5.05. The molecule has 0 saturated carbocycles. The molecule has 2 aromatic carbocycles. The highest BCUT2D eigenvalue weighted by atomic mass is 32.1. The number of H-pyrrole nitrogens is 1. The molecule has 3 N–H and O–H groups in total. The number of nitrogens with zero attached hydrogens (tertiary/aromatic N) is 2. The molecule has 3 aromatic rings. The summed E-state index contributed by atoms with van der Waals surface area (Å²) in [5, 5.41) is 7.46. The summed E-state index contributed by atoms with van der Waals surface area (Å²) in [6.45, 7) is 6.74. The maximum Gasteiger partial charge on any atom is 0.231 e. The SMILES string of the molecule is S=c1[nH]nc(C[NH+]2CC[NH+](Cc3ccc4c(c3)OCO4)CC2)n1-c1ccccc1. The number of ether oxygens (including phenoxy) is 2. The number of hydrogen-bond donors (Lipinski definition) is 3. The van der Waals surface area contributed by atoms with Gasteiger partial charge in [-0.15, -0.1) is 0 Å². The van der Waals surface area contributed by atoms with Gasteiger partial charge in [0.05, 0.1) is 0 Å². The average molecular weight is 412 g/mol. The van der Waals surface area contributed by atoms with Crippen LogP contribution in [0.5, 0.6) is 11.5 Å². The Hall–Kier alpha value is -2.68. The zero-order valence-electron chi connectivity index (χ0n) is 16.2. The minimum atomic E-state index is 0.329. The first-order chi connectivity index (χ1) is 14.3. The molecule has 1 aromatic heterocycles. The first kappa shape index (κ1) is 18.4. The van der Waals surface area contributed by atoms with Crippen molar-refractivity contribution in [3.63, 3.8) is 0 Å². The molecule has 0 spiro atoms. The van der Waals surface area contributed by atoms with Gasteiger partial charge in [0, 0.05) is 11.3 Å². The van der Waals surface area contributed by atoms with Gasteiger partial charge in [0.1, 0.15) is 39.3 Å². The Morgan fingerprint density at radius 2 is 1.66 bits per heavy atom. The number of rotatable bonds is 5. The van der Waals surface area contributed by atoms with Crippen molar-refractivity contribution in [2.24, 2.45) is 0 Å². The van der Waals surface area contributed by atoms with E-state index in [4.69, 9.17) is 21.7 Å². The number of aromatic amines is 1.